The molecule has 5 nitrogen and oxygen atoms in total. The van der Waals surface area contributed by atoms with Crippen LogP contribution in [0.1, 0.15) is 5.56 Å². The highest BCUT2D eigenvalue weighted by atomic mass is 16.7. The minimum atomic E-state index is -0.604. The molecule has 1 amide bonds. The van der Waals surface area contributed by atoms with Crippen LogP contribution < -0.4 is 0 Å². The number of hydrogen-bond acceptors (Lipinski definition) is 4. The van der Waals surface area contributed by atoms with Crippen molar-refractivity contribution in [2.75, 3.05) is 13.2 Å². The standard InChI is InChI=1S/C12H13NO4/c14-8-11-6-7-13(12(15)17-11)16-9-10-4-2-1-3-5-10/h1-6,14H,7-9H2. The van der Waals surface area contributed by atoms with E-state index in [0.717, 1.165) is 10.6 Å². The SMILES string of the molecule is O=C1OC(CO)=CCN1OCc1ccccc1. The number of cyclic esters (lactones) is 1. The first-order valence-electron chi connectivity index (χ1n) is 5.25. The number of hydroxylamine groups is 2. The highest BCUT2D eigenvalue weighted by Crippen LogP contribution is 2.11. The van der Waals surface area contributed by atoms with Crippen molar-refractivity contribution in [2.24, 2.45) is 0 Å². The quantitative estimate of drug-likeness (QED) is 0.858. The van der Waals surface area contributed by atoms with Crippen LogP contribution in [0, 0.1) is 0 Å². The van der Waals surface area contributed by atoms with Gasteiger partial charge in [0.15, 0.2) is 0 Å². The molecule has 5 heteroatoms. The third-order valence-corrected chi connectivity index (χ3v) is 2.29. The summed E-state index contributed by atoms with van der Waals surface area (Å²) in [6.45, 7) is 0.304. The summed E-state index contributed by atoms with van der Waals surface area (Å²) in [7, 11) is 0. The summed E-state index contributed by atoms with van der Waals surface area (Å²) in [5.41, 5.74) is 0.970. The van der Waals surface area contributed by atoms with Crippen molar-refractivity contribution in [3.05, 3.63) is 47.7 Å². The van der Waals surface area contributed by atoms with Gasteiger partial charge in [-0.3, -0.25) is 4.84 Å². The molecule has 0 saturated carbocycles. The first kappa shape index (κ1) is 11.6. The van der Waals surface area contributed by atoms with Crippen LogP contribution in [0.3, 0.4) is 0 Å². The normalized spacial score (nSPS) is 15.5. The summed E-state index contributed by atoms with van der Waals surface area (Å²) in [5.74, 6) is 0.259. The zero-order chi connectivity index (χ0) is 12.1. The molecule has 1 aliphatic rings. The Morgan fingerprint density at radius 1 is 1.35 bits per heavy atom. The third-order valence-electron chi connectivity index (χ3n) is 2.29. The van der Waals surface area contributed by atoms with Crippen molar-refractivity contribution in [1.82, 2.24) is 5.06 Å². The summed E-state index contributed by atoms with van der Waals surface area (Å²) >= 11 is 0. The summed E-state index contributed by atoms with van der Waals surface area (Å²) in [6, 6.07) is 9.53. The minimum Gasteiger partial charge on any atom is -0.411 e. The van der Waals surface area contributed by atoms with Crippen molar-refractivity contribution in [3.8, 4) is 0 Å². The van der Waals surface area contributed by atoms with Crippen LogP contribution in [0.5, 0.6) is 0 Å². The Morgan fingerprint density at radius 3 is 2.76 bits per heavy atom. The number of carbonyl (C=O) groups is 1. The van der Waals surface area contributed by atoms with Crippen LogP contribution in [0.25, 0.3) is 0 Å². The fraction of sp³-hybridized carbons (Fsp3) is 0.250. The van der Waals surface area contributed by atoms with E-state index in [9.17, 15) is 4.79 Å². The van der Waals surface area contributed by atoms with Crippen LogP contribution in [0.15, 0.2) is 42.2 Å². The number of aliphatic hydroxyl groups excluding tert-OH is 1. The van der Waals surface area contributed by atoms with E-state index in [1.807, 2.05) is 30.3 Å². The number of amides is 1. The Kier molecular flexibility index (Phi) is 3.74. The first-order valence-corrected chi connectivity index (χ1v) is 5.25. The number of benzene rings is 1. The molecule has 0 saturated heterocycles. The lowest BCUT2D eigenvalue weighted by Gasteiger charge is -2.24. The first-order chi connectivity index (χ1) is 8.29. The molecular weight excluding hydrogens is 222 g/mol. The number of hydrogen-bond donors (Lipinski definition) is 1. The van der Waals surface area contributed by atoms with Gasteiger partial charge < -0.3 is 9.84 Å². The summed E-state index contributed by atoms with van der Waals surface area (Å²) in [4.78, 5) is 16.7. The molecule has 0 bridgehead atoms. The van der Waals surface area contributed by atoms with E-state index in [-0.39, 0.29) is 18.9 Å². The van der Waals surface area contributed by atoms with Gasteiger partial charge in [0.1, 0.15) is 19.0 Å². The zero-order valence-corrected chi connectivity index (χ0v) is 9.20. The Hall–Kier alpha value is -1.85. The van der Waals surface area contributed by atoms with Gasteiger partial charge >= 0.3 is 6.09 Å². The van der Waals surface area contributed by atoms with Gasteiger partial charge in [-0.1, -0.05) is 30.3 Å². The van der Waals surface area contributed by atoms with Crippen LogP contribution in [-0.4, -0.2) is 29.4 Å². The van der Waals surface area contributed by atoms with Crippen LogP contribution in [0.4, 0.5) is 4.79 Å². The monoisotopic (exact) mass is 235 g/mol. The molecule has 0 atom stereocenters. The lowest BCUT2D eigenvalue weighted by molar-refractivity contribution is -0.142. The number of aliphatic hydroxyl groups is 1. The van der Waals surface area contributed by atoms with Crippen molar-refractivity contribution >= 4 is 6.09 Å². The molecule has 0 radical (unpaired) electrons. The van der Waals surface area contributed by atoms with Crippen molar-refractivity contribution in [1.29, 1.82) is 0 Å². The molecule has 17 heavy (non-hydrogen) atoms. The lowest BCUT2D eigenvalue weighted by atomic mass is 10.2. The van der Waals surface area contributed by atoms with Crippen molar-refractivity contribution in [2.45, 2.75) is 6.61 Å². The van der Waals surface area contributed by atoms with E-state index in [1.165, 1.54) is 0 Å². The minimum absolute atomic E-state index is 0.259. The molecule has 0 fully saturated rings. The van der Waals surface area contributed by atoms with Gasteiger partial charge in [-0.25, -0.2) is 4.79 Å². The molecule has 1 N–H and O–H groups in total. The molecule has 2 rings (SSSR count). The molecule has 90 valence electrons. The molecule has 1 aromatic carbocycles. The number of carbonyl (C=O) groups excluding carboxylic acids is 1. The van der Waals surface area contributed by atoms with E-state index < -0.39 is 6.09 Å². The van der Waals surface area contributed by atoms with Gasteiger partial charge in [0.05, 0.1) is 6.54 Å². The molecule has 1 aliphatic heterocycles. The van der Waals surface area contributed by atoms with Gasteiger partial charge in [-0.15, -0.1) is 0 Å². The van der Waals surface area contributed by atoms with Gasteiger partial charge in [-0.05, 0) is 11.6 Å². The Balaban J connectivity index is 1.89. The predicted octanol–water partition coefficient (Wildman–Crippen LogP) is 1.45. The summed E-state index contributed by atoms with van der Waals surface area (Å²) in [6.07, 6.45) is 0.999. The fourth-order valence-corrected chi connectivity index (χ4v) is 1.39. The molecule has 1 aromatic rings. The summed E-state index contributed by atoms with van der Waals surface area (Å²) in [5, 5.41) is 9.92. The van der Waals surface area contributed by atoms with Gasteiger partial charge in [0.2, 0.25) is 0 Å². The molecule has 1 heterocycles. The largest absolute Gasteiger partial charge is 0.439 e. The fourth-order valence-electron chi connectivity index (χ4n) is 1.39. The van der Waals surface area contributed by atoms with Gasteiger partial charge in [-0.2, -0.15) is 5.06 Å². The molecule has 0 aromatic heterocycles. The molecule has 0 spiro atoms. The van der Waals surface area contributed by atoms with Crippen LogP contribution in [-0.2, 0) is 16.2 Å². The smallest absolute Gasteiger partial charge is 0.411 e. The maximum Gasteiger partial charge on any atom is 0.439 e. The van der Waals surface area contributed by atoms with E-state index in [2.05, 4.69) is 0 Å². The highest BCUT2D eigenvalue weighted by molar-refractivity contribution is 5.68. The Morgan fingerprint density at radius 2 is 2.12 bits per heavy atom. The number of rotatable bonds is 4. The molecule has 0 unspecified atom stereocenters. The topological polar surface area (TPSA) is 59.0 Å². The number of nitrogens with zero attached hydrogens (tertiary/aromatic N) is 1. The average Bonchev–Trinajstić information content (AvgIpc) is 2.38. The van der Waals surface area contributed by atoms with Gasteiger partial charge in [0, 0.05) is 0 Å². The second kappa shape index (κ2) is 5.47. The van der Waals surface area contributed by atoms with Crippen LogP contribution in [0.2, 0.25) is 0 Å². The Bertz CT molecular complexity index is 416. The zero-order valence-electron chi connectivity index (χ0n) is 9.20. The molecular formula is C12H13NO4. The maximum atomic E-state index is 11.4. The van der Waals surface area contributed by atoms with E-state index >= 15 is 0 Å². The lowest BCUT2D eigenvalue weighted by Crippen LogP contribution is -2.35. The third kappa shape index (κ3) is 3.05. The van der Waals surface area contributed by atoms with Crippen molar-refractivity contribution < 1.29 is 19.5 Å². The summed E-state index contributed by atoms with van der Waals surface area (Å²) < 4.78 is 4.81. The van der Waals surface area contributed by atoms with E-state index in [4.69, 9.17) is 14.7 Å². The Labute approximate surface area is 98.8 Å². The number of ether oxygens (including phenoxy) is 1. The van der Waals surface area contributed by atoms with Crippen LogP contribution >= 0.6 is 0 Å². The maximum absolute atomic E-state index is 11.4. The molecule has 0 aliphatic carbocycles. The predicted molar refractivity (Wildman–Crippen MR) is 59.6 cm³/mol. The van der Waals surface area contributed by atoms with Crippen molar-refractivity contribution in [3.63, 3.8) is 0 Å². The van der Waals surface area contributed by atoms with E-state index in [1.54, 1.807) is 6.08 Å². The second-order valence-corrected chi connectivity index (χ2v) is 3.52. The highest BCUT2D eigenvalue weighted by Gasteiger charge is 2.21. The second-order valence-electron chi connectivity index (χ2n) is 3.52. The van der Waals surface area contributed by atoms with Gasteiger partial charge in [0.25, 0.3) is 0 Å². The average molecular weight is 235 g/mol. The van der Waals surface area contributed by atoms with E-state index in [0.29, 0.717) is 6.61 Å².